The second-order valence-corrected chi connectivity index (χ2v) is 50.2. The van der Waals surface area contributed by atoms with Crippen molar-refractivity contribution < 1.29 is 0 Å². The summed E-state index contributed by atoms with van der Waals surface area (Å²) in [6.45, 7) is 5.73. The van der Waals surface area contributed by atoms with Crippen LogP contribution in [0.1, 0.15) is 62.5 Å². The van der Waals surface area contributed by atoms with Gasteiger partial charge in [0.2, 0.25) is 0 Å². The van der Waals surface area contributed by atoms with E-state index in [4.69, 9.17) is 0 Å². The second-order valence-electron chi connectivity index (χ2n) is 31.0. The molecular formula is C104H80N6S18. The average Bonchev–Trinajstić information content (AvgIpc) is 1.55. The number of hydrogen-bond donors (Lipinski definition) is 2. The van der Waals surface area contributed by atoms with Crippen LogP contribution in [-0.4, -0.2) is 32.2 Å². The molecular weight excluding hydrogens is 1910 g/mol. The normalized spacial score (nSPS) is 11.8. The summed E-state index contributed by atoms with van der Waals surface area (Å²) in [7, 11) is 0. The van der Waals surface area contributed by atoms with E-state index in [2.05, 4.69) is 307 Å². The molecule has 2 N–H and O–H groups in total. The van der Waals surface area contributed by atoms with Crippen LogP contribution in [0.3, 0.4) is 0 Å². The Kier molecular flexibility index (Phi) is 26.2. The molecule has 0 radical (unpaired) electrons. The van der Waals surface area contributed by atoms with Gasteiger partial charge in [-0.15, -0.1) is 204 Å². The maximum atomic E-state index is 4.20. The van der Waals surface area contributed by atoms with Crippen LogP contribution in [-0.2, 0) is 26.2 Å². The van der Waals surface area contributed by atoms with Gasteiger partial charge in [0.25, 0.3) is 0 Å². The van der Waals surface area contributed by atoms with E-state index in [1.165, 1.54) is 225 Å². The van der Waals surface area contributed by atoms with Gasteiger partial charge in [-0.1, -0.05) is 37.8 Å². The minimum atomic E-state index is 0.881. The summed E-state index contributed by atoms with van der Waals surface area (Å²) in [5.74, 6) is 0. The van der Waals surface area contributed by atoms with Gasteiger partial charge in [-0.05, 0) is 315 Å². The molecule has 22 aromatic rings. The number of rotatable bonds is 37. The predicted octanol–water partition coefficient (Wildman–Crippen LogP) is 37.6. The molecule has 634 valence electrons. The van der Waals surface area contributed by atoms with Gasteiger partial charge >= 0.3 is 0 Å². The molecule has 0 aliphatic carbocycles. The predicted molar refractivity (Wildman–Crippen MR) is 576 cm³/mol. The minimum absolute atomic E-state index is 0.881. The third-order valence-electron chi connectivity index (χ3n) is 22.5. The van der Waals surface area contributed by atoms with Crippen molar-refractivity contribution in [1.82, 2.24) is 29.7 Å². The first kappa shape index (κ1) is 84.9. The Labute approximate surface area is 817 Å². The van der Waals surface area contributed by atoms with Crippen LogP contribution >= 0.6 is 204 Å². The first-order valence-corrected chi connectivity index (χ1v) is 57.5. The zero-order valence-electron chi connectivity index (χ0n) is 68.9. The number of pyridine rings is 2. The van der Waals surface area contributed by atoms with Gasteiger partial charge in [0.1, 0.15) is 0 Å². The molecule has 0 spiro atoms. The SMILES string of the molecule is c1csc(-c2ccc(-c3ccc(-c4ccc(-c5ccc(-c6ccc(-c7ccc(-c8ccc(-c9ccc(-c%10ccc(-c%11ccc(-c%12ccc(-c%13ccc(-c%14ccc(-c%15ccc(-c%16ccc(-c%17ccc(-c%18ccc(-c%19ccc(-c%20cccs%20)s%19)s%18)s%17)s%16)s%15)n%14CCCCCCNCc%14ccncc%14)s%13)s%12)s%11)s%10)s9)s8)n7CCCCCCNCc7ccncc7)s6)s5)s4)s3)s2)c1. The van der Waals surface area contributed by atoms with E-state index in [-0.39, 0.29) is 0 Å². The molecule has 0 saturated heterocycles. The first-order valence-electron chi connectivity index (χ1n) is 42.6. The van der Waals surface area contributed by atoms with Crippen LogP contribution in [0.25, 0.3) is 189 Å². The lowest BCUT2D eigenvalue weighted by Crippen LogP contribution is -2.14. The lowest BCUT2D eigenvalue weighted by Gasteiger charge is -2.12. The molecule has 6 nitrogen and oxygen atoms in total. The average molecular weight is 1990 g/mol. The van der Waals surface area contributed by atoms with E-state index in [0.717, 1.165) is 65.0 Å². The van der Waals surface area contributed by atoms with E-state index in [1.807, 2.05) is 229 Å². The van der Waals surface area contributed by atoms with E-state index >= 15 is 0 Å². The van der Waals surface area contributed by atoms with Crippen LogP contribution in [0.15, 0.2) is 302 Å². The minimum Gasteiger partial charge on any atom is -0.339 e. The Bertz CT molecular complexity index is 6950. The van der Waals surface area contributed by atoms with Gasteiger partial charge in [0.05, 0.1) is 42.3 Å². The number of hydrogen-bond acceptors (Lipinski definition) is 22. The molecule has 0 fully saturated rings. The summed E-state index contributed by atoms with van der Waals surface area (Å²) < 4.78 is 5.25. The zero-order chi connectivity index (χ0) is 85.1. The molecule has 0 saturated carbocycles. The van der Waals surface area contributed by atoms with Gasteiger partial charge in [0, 0.05) is 197 Å². The summed E-state index contributed by atoms with van der Waals surface area (Å²) in [4.78, 5) is 53.3. The van der Waals surface area contributed by atoms with Gasteiger partial charge in [-0.25, -0.2) is 0 Å². The number of thiophene rings is 18. The van der Waals surface area contributed by atoms with Crippen molar-refractivity contribution in [2.75, 3.05) is 13.1 Å². The molecule has 0 bridgehead atoms. The maximum absolute atomic E-state index is 4.20. The van der Waals surface area contributed by atoms with E-state index < -0.39 is 0 Å². The summed E-state index contributed by atoms with van der Waals surface area (Å²) in [5.41, 5.74) is 7.76. The fourth-order valence-electron chi connectivity index (χ4n) is 16.0. The van der Waals surface area contributed by atoms with Crippen molar-refractivity contribution in [1.29, 1.82) is 0 Å². The van der Waals surface area contributed by atoms with E-state index in [1.54, 1.807) is 0 Å². The Balaban J connectivity index is 0.460. The topological polar surface area (TPSA) is 59.7 Å². The van der Waals surface area contributed by atoms with Crippen LogP contribution in [0.4, 0.5) is 0 Å². The molecule has 22 heterocycles. The van der Waals surface area contributed by atoms with E-state index in [9.17, 15) is 0 Å². The molecule has 0 unspecified atom stereocenters. The lowest BCUT2D eigenvalue weighted by molar-refractivity contribution is 0.555. The second kappa shape index (κ2) is 39.4. The number of nitrogens with one attached hydrogen (secondary N) is 2. The third-order valence-corrected chi connectivity index (χ3v) is 44.6. The van der Waals surface area contributed by atoms with Crippen LogP contribution in [0.2, 0.25) is 0 Å². The van der Waals surface area contributed by atoms with Crippen LogP contribution < -0.4 is 10.6 Å². The van der Waals surface area contributed by atoms with Crippen LogP contribution in [0, 0.1) is 0 Å². The Morgan fingerprint density at radius 3 is 0.555 bits per heavy atom. The number of aromatic nitrogens is 4. The lowest BCUT2D eigenvalue weighted by atomic mass is 10.2. The molecule has 22 rings (SSSR count). The number of nitrogens with zero attached hydrogens (tertiary/aromatic N) is 4. The fourth-order valence-corrected chi connectivity index (χ4v) is 35.1. The molecule has 22 aromatic heterocycles. The molecule has 0 aliphatic heterocycles. The molecule has 128 heavy (non-hydrogen) atoms. The molecule has 24 heteroatoms. The van der Waals surface area contributed by atoms with Crippen molar-refractivity contribution in [2.45, 2.75) is 77.5 Å². The molecule has 0 atom stereocenters. The molecule has 0 aliphatic rings. The van der Waals surface area contributed by atoms with E-state index in [0.29, 0.717) is 0 Å². The third kappa shape index (κ3) is 19.0. The van der Waals surface area contributed by atoms with Gasteiger partial charge in [-0.3, -0.25) is 9.97 Å². The monoisotopic (exact) mass is 1990 g/mol. The van der Waals surface area contributed by atoms with Crippen molar-refractivity contribution in [3.05, 3.63) is 314 Å². The Hall–Kier alpha value is -8.62. The Morgan fingerprint density at radius 2 is 0.359 bits per heavy atom. The largest absolute Gasteiger partial charge is 0.339 e. The highest BCUT2D eigenvalue weighted by atomic mass is 32.2. The van der Waals surface area contributed by atoms with Crippen molar-refractivity contribution in [3.63, 3.8) is 0 Å². The molecule has 0 aromatic carbocycles. The van der Waals surface area contributed by atoms with Crippen molar-refractivity contribution >= 4 is 204 Å². The van der Waals surface area contributed by atoms with Crippen molar-refractivity contribution in [3.8, 4) is 189 Å². The Morgan fingerprint density at radius 1 is 0.180 bits per heavy atom. The first-order chi connectivity index (χ1) is 63.3. The highest BCUT2D eigenvalue weighted by Gasteiger charge is 2.24. The summed E-state index contributed by atoms with van der Waals surface area (Å²) in [6, 6.07) is 101. The smallest absolute Gasteiger partial charge is 0.0587 e. The maximum Gasteiger partial charge on any atom is 0.0587 e. The van der Waals surface area contributed by atoms with Gasteiger partial charge < -0.3 is 19.8 Å². The standard InChI is InChI=1S/C104H80N6S18/c1(5-53-107-63-65-49-55-105-56-50-65)3-7-59-109-67(71-17-21-79(113-71)83-29-33-91(119-83)95-41-45-101(125-95)99-39-37-89(123-99)87-27-25-77(117-87)75-11-9-61-111-75)13-15-69(109)73-19-23-81(115-73)85-31-35-93(121-85)97-43-47-103(127-97)104-48-44-98(128-104)94-36-32-86(122-94)82-24-20-74(116-82)70-16-14-68(110(70)60-8-4-2-6-54-108-64-66-51-57-106-58-52-66)72-18-22-80(114-72)84-30-34-92(120-84)96-42-46-102(126-96)100-40-38-90(124-100)88-28-26-78(118-88)76-12-10-62-112-76/h9-52,55-58,61-62,107-108H,1-8,53-54,59-60,63-64H2. The summed E-state index contributed by atoms with van der Waals surface area (Å²) in [5, 5.41) is 11.6. The van der Waals surface area contributed by atoms with Gasteiger partial charge in [-0.2, -0.15) is 0 Å². The highest BCUT2D eigenvalue weighted by Crippen LogP contribution is 2.53. The molecule has 0 amide bonds. The fraction of sp³-hybridized carbons (Fsp3) is 0.135. The van der Waals surface area contributed by atoms with Crippen LogP contribution in [0.5, 0.6) is 0 Å². The summed E-state index contributed by atoms with van der Waals surface area (Å²) in [6.07, 6.45) is 16.8. The van der Waals surface area contributed by atoms with Gasteiger partial charge in [0.15, 0.2) is 0 Å². The zero-order valence-corrected chi connectivity index (χ0v) is 83.6. The number of unbranched alkanes of at least 4 members (excludes halogenated alkanes) is 6. The van der Waals surface area contributed by atoms with Crippen molar-refractivity contribution in [2.24, 2.45) is 0 Å². The highest BCUT2D eigenvalue weighted by molar-refractivity contribution is 7.34. The summed E-state index contributed by atoms with van der Waals surface area (Å²) >= 11 is 34.1. The quantitative estimate of drug-likeness (QED) is 0.0381.